The molecule has 3 aromatic rings. The Kier molecular flexibility index (Phi) is 6.69. The predicted octanol–water partition coefficient (Wildman–Crippen LogP) is 2.82. The van der Waals surface area contributed by atoms with Crippen molar-refractivity contribution in [3.8, 4) is 5.69 Å². The van der Waals surface area contributed by atoms with Gasteiger partial charge in [0, 0.05) is 36.8 Å². The van der Waals surface area contributed by atoms with E-state index in [1.807, 2.05) is 42.0 Å². The molecule has 9 heteroatoms. The highest BCUT2D eigenvalue weighted by Gasteiger charge is 2.21. The minimum atomic E-state index is -3.73. The lowest BCUT2D eigenvalue weighted by Gasteiger charge is -2.16. The van der Waals surface area contributed by atoms with Crippen LogP contribution in [0.3, 0.4) is 0 Å². The fourth-order valence-corrected chi connectivity index (χ4v) is 4.72. The summed E-state index contributed by atoms with van der Waals surface area (Å²) in [7, 11) is -3.73. The molecule has 1 fully saturated rings. The highest BCUT2D eigenvalue weighted by atomic mass is 32.2. The molecule has 0 bridgehead atoms. The van der Waals surface area contributed by atoms with E-state index in [1.54, 1.807) is 24.7 Å². The average molecular weight is 455 g/mol. The predicted molar refractivity (Wildman–Crippen MR) is 120 cm³/mol. The van der Waals surface area contributed by atoms with E-state index in [2.05, 4.69) is 15.0 Å². The van der Waals surface area contributed by atoms with Gasteiger partial charge in [0.25, 0.3) is 5.91 Å². The summed E-state index contributed by atoms with van der Waals surface area (Å²) in [5, 5.41) is 2.93. The van der Waals surface area contributed by atoms with E-state index in [4.69, 9.17) is 4.74 Å². The van der Waals surface area contributed by atoms with Gasteiger partial charge in [0.2, 0.25) is 10.0 Å². The fourth-order valence-electron chi connectivity index (χ4n) is 3.61. The molecule has 2 aromatic carbocycles. The van der Waals surface area contributed by atoms with Crippen LogP contribution in [0.2, 0.25) is 0 Å². The molecule has 32 heavy (non-hydrogen) atoms. The topological polar surface area (TPSA) is 102 Å². The number of aromatic nitrogens is 2. The Hall–Kier alpha value is -3.01. The molecule has 1 saturated heterocycles. The number of rotatable bonds is 8. The molecule has 0 unspecified atom stereocenters. The van der Waals surface area contributed by atoms with Crippen molar-refractivity contribution in [2.45, 2.75) is 36.8 Å². The molecular weight excluding hydrogens is 428 g/mol. The normalized spacial score (nSPS) is 17.2. The van der Waals surface area contributed by atoms with E-state index in [9.17, 15) is 13.2 Å². The molecule has 1 aromatic heterocycles. The molecular formula is C23H26N4O4S. The smallest absolute Gasteiger partial charge is 0.251 e. The van der Waals surface area contributed by atoms with Gasteiger partial charge >= 0.3 is 0 Å². The van der Waals surface area contributed by atoms with Gasteiger partial charge in [0.1, 0.15) is 0 Å². The fraction of sp³-hybridized carbons (Fsp3) is 0.304. The number of hydrogen-bond acceptors (Lipinski definition) is 5. The van der Waals surface area contributed by atoms with Crippen molar-refractivity contribution in [1.82, 2.24) is 19.6 Å². The number of carbonyl (C=O) groups is 1. The lowest BCUT2D eigenvalue weighted by atomic mass is 10.1. The molecule has 0 spiro atoms. The van der Waals surface area contributed by atoms with Crippen LogP contribution in [0, 0.1) is 0 Å². The summed E-state index contributed by atoms with van der Waals surface area (Å²) in [6.45, 7) is 2.77. The van der Waals surface area contributed by atoms with Gasteiger partial charge in [0.15, 0.2) is 0 Å². The van der Waals surface area contributed by atoms with Crippen molar-refractivity contribution >= 4 is 15.9 Å². The monoisotopic (exact) mass is 454 g/mol. The first-order valence-electron chi connectivity index (χ1n) is 10.5. The van der Waals surface area contributed by atoms with E-state index < -0.39 is 10.0 Å². The van der Waals surface area contributed by atoms with Crippen LogP contribution in [-0.4, -0.2) is 43.1 Å². The number of nitrogens with one attached hydrogen (secondary N) is 2. The molecule has 168 valence electrons. The summed E-state index contributed by atoms with van der Waals surface area (Å²) < 4.78 is 35.2. The highest BCUT2D eigenvalue weighted by Crippen LogP contribution is 2.18. The minimum absolute atomic E-state index is 0.0560. The summed E-state index contributed by atoms with van der Waals surface area (Å²) in [4.78, 5) is 16.9. The van der Waals surface area contributed by atoms with Crippen LogP contribution in [0.15, 0.2) is 72.1 Å². The number of imidazole rings is 1. The maximum Gasteiger partial charge on any atom is 0.251 e. The standard InChI is InChI=1S/C23H26N4O4S/c1-17(18-7-9-20(10-8-18)27-12-11-24-16-27)26-23(28)19-4-2-6-22(14-19)32(29,30)25-15-21-5-3-13-31-21/h2,4,6-12,14,16-17,21,25H,3,5,13,15H2,1H3,(H,26,28)/t17-,21-/m0/s1. The lowest BCUT2D eigenvalue weighted by molar-refractivity contribution is 0.0939. The van der Waals surface area contributed by atoms with Crippen molar-refractivity contribution in [1.29, 1.82) is 0 Å². The minimum Gasteiger partial charge on any atom is -0.377 e. The molecule has 0 radical (unpaired) electrons. The van der Waals surface area contributed by atoms with Gasteiger partial charge in [-0.3, -0.25) is 4.79 Å². The third-order valence-corrected chi connectivity index (χ3v) is 6.90. The van der Waals surface area contributed by atoms with Crippen LogP contribution < -0.4 is 10.0 Å². The van der Waals surface area contributed by atoms with E-state index in [1.165, 1.54) is 12.1 Å². The highest BCUT2D eigenvalue weighted by molar-refractivity contribution is 7.89. The van der Waals surface area contributed by atoms with E-state index in [0.29, 0.717) is 6.61 Å². The first-order chi connectivity index (χ1) is 15.4. The van der Waals surface area contributed by atoms with Crippen molar-refractivity contribution in [3.63, 3.8) is 0 Å². The Morgan fingerprint density at radius 1 is 1.25 bits per heavy atom. The molecule has 8 nitrogen and oxygen atoms in total. The SMILES string of the molecule is C[C@H](NC(=O)c1cccc(S(=O)(=O)NC[C@@H]2CCCO2)c1)c1ccc(-n2ccnc2)cc1. The van der Waals surface area contributed by atoms with Crippen LogP contribution in [0.1, 0.15) is 41.7 Å². The van der Waals surface area contributed by atoms with Crippen LogP contribution in [0.25, 0.3) is 5.69 Å². The van der Waals surface area contributed by atoms with Gasteiger partial charge in [0.05, 0.1) is 23.4 Å². The van der Waals surface area contributed by atoms with Crippen molar-refractivity contribution in [2.24, 2.45) is 0 Å². The second-order valence-corrected chi connectivity index (χ2v) is 9.54. The van der Waals surface area contributed by atoms with Crippen LogP contribution in [-0.2, 0) is 14.8 Å². The van der Waals surface area contributed by atoms with Crippen LogP contribution >= 0.6 is 0 Å². The van der Waals surface area contributed by atoms with Gasteiger partial charge < -0.3 is 14.6 Å². The van der Waals surface area contributed by atoms with Gasteiger partial charge in [-0.05, 0) is 55.7 Å². The molecule has 1 aliphatic heterocycles. The zero-order chi connectivity index (χ0) is 22.6. The number of sulfonamides is 1. The number of nitrogens with zero attached hydrogens (tertiary/aromatic N) is 2. The van der Waals surface area contributed by atoms with E-state index >= 15 is 0 Å². The number of amides is 1. The third-order valence-electron chi connectivity index (χ3n) is 5.47. The Morgan fingerprint density at radius 3 is 2.75 bits per heavy atom. The summed E-state index contributed by atoms with van der Waals surface area (Å²) in [5.41, 5.74) is 2.19. The maximum absolute atomic E-state index is 12.8. The molecule has 2 N–H and O–H groups in total. The largest absolute Gasteiger partial charge is 0.377 e. The Morgan fingerprint density at radius 2 is 2.06 bits per heavy atom. The number of benzene rings is 2. The molecule has 0 saturated carbocycles. The van der Waals surface area contributed by atoms with Crippen molar-refractivity contribution in [3.05, 3.63) is 78.4 Å². The Labute approximate surface area is 187 Å². The molecule has 2 atom stereocenters. The lowest BCUT2D eigenvalue weighted by Crippen LogP contribution is -2.32. The van der Waals surface area contributed by atoms with Gasteiger partial charge in [-0.1, -0.05) is 18.2 Å². The van der Waals surface area contributed by atoms with E-state index in [-0.39, 0.29) is 35.1 Å². The quantitative estimate of drug-likeness (QED) is 0.545. The molecule has 4 rings (SSSR count). The second-order valence-electron chi connectivity index (χ2n) is 7.77. The number of carbonyl (C=O) groups excluding carboxylic acids is 1. The van der Waals surface area contributed by atoms with Gasteiger partial charge in [-0.2, -0.15) is 0 Å². The third kappa shape index (κ3) is 5.24. The molecule has 2 heterocycles. The Balaban J connectivity index is 1.40. The summed E-state index contributed by atoms with van der Waals surface area (Å²) in [6, 6.07) is 13.6. The van der Waals surface area contributed by atoms with E-state index in [0.717, 1.165) is 24.1 Å². The molecule has 1 amide bonds. The Bertz CT molecular complexity index is 1150. The first kappa shape index (κ1) is 22.2. The second kappa shape index (κ2) is 9.64. The van der Waals surface area contributed by atoms with Crippen LogP contribution in [0.4, 0.5) is 0 Å². The number of ether oxygens (including phenoxy) is 1. The van der Waals surface area contributed by atoms with Crippen molar-refractivity contribution in [2.75, 3.05) is 13.2 Å². The average Bonchev–Trinajstić information content (AvgIpc) is 3.52. The molecule has 0 aliphatic carbocycles. The first-order valence-corrected chi connectivity index (χ1v) is 12.0. The van der Waals surface area contributed by atoms with Gasteiger partial charge in [-0.15, -0.1) is 0 Å². The maximum atomic E-state index is 12.8. The van der Waals surface area contributed by atoms with Crippen molar-refractivity contribution < 1.29 is 17.9 Å². The van der Waals surface area contributed by atoms with Gasteiger partial charge in [-0.25, -0.2) is 18.1 Å². The molecule has 1 aliphatic rings. The zero-order valence-corrected chi connectivity index (χ0v) is 18.6. The summed E-state index contributed by atoms with van der Waals surface area (Å²) in [6.07, 6.45) is 6.97. The van der Waals surface area contributed by atoms with Crippen LogP contribution in [0.5, 0.6) is 0 Å². The zero-order valence-electron chi connectivity index (χ0n) is 17.8. The number of hydrogen-bond donors (Lipinski definition) is 2. The summed E-state index contributed by atoms with van der Waals surface area (Å²) in [5.74, 6) is -0.340. The summed E-state index contributed by atoms with van der Waals surface area (Å²) >= 11 is 0.